The van der Waals surface area contributed by atoms with Crippen molar-refractivity contribution in [1.29, 1.82) is 0 Å². The molecule has 0 bridgehead atoms. The Labute approximate surface area is 133 Å². The first-order valence-corrected chi connectivity index (χ1v) is 8.01. The lowest BCUT2D eigenvalue weighted by atomic mass is 9.75. The molecule has 5 heteroatoms. The predicted octanol–water partition coefficient (Wildman–Crippen LogP) is 2.52. The van der Waals surface area contributed by atoms with Crippen LogP contribution in [0.5, 0.6) is 0 Å². The van der Waals surface area contributed by atoms with Gasteiger partial charge in [-0.1, -0.05) is 31.5 Å². The van der Waals surface area contributed by atoms with Crippen molar-refractivity contribution in [3.05, 3.63) is 29.8 Å². The van der Waals surface area contributed by atoms with Crippen molar-refractivity contribution in [2.45, 2.75) is 58.7 Å². The highest BCUT2D eigenvalue weighted by Gasteiger charge is 2.52. The van der Waals surface area contributed by atoms with Crippen molar-refractivity contribution in [1.82, 2.24) is 5.32 Å². The summed E-state index contributed by atoms with van der Waals surface area (Å²) >= 11 is 0. The van der Waals surface area contributed by atoms with Crippen LogP contribution in [-0.4, -0.2) is 30.8 Å². The number of rotatable bonds is 5. The normalized spacial score (nSPS) is 19.2. The highest BCUT2D eigenvalue weighted by Crippen LogP contribution is 2.36. The Morgan fingerprint density at radius 3 is 2.32 bits per heavy atom. The lowest BCUT2D eigenvalue weighted by Gasteiger charge is -2.32. The molecule has 0 radical (unpaired) electrons. The lowest BCUT2D eigenvalue weighted by molar-refractivity contribution is 0.00578. The summed E-state index contributed by atoms with van der Waals surface area (Å²) in [5, 5.41) is 2.96. The zero-order valence-corrected chi connectivity index (χ0v) is 14.2. The number of nitrogens with one attached hydrogen (secondary N) is 1. The van der Waals surface area contributed by atoms with Crippen molar-refractivity contribution in [2.24, 2.45) is 0 Å². The molecule has 0 atom stereocenters. The molecule has 1 amide bonds. The van der Waals surface area contributed by atoms with Gasteiger partial charge in [-0.2, -0.15) is 0 Å². The summed E-state index contributed by atoms with van der Waals surface area (Å²) in [7, 11) is -0.516. The molecule has 1 N–H and O–H groups in total. The largest absolute Gasteiger partial charge is 0.495 e. The van der Waals surface area contributed by atoms with E-state index >= 15 is 0 Å². The van der Waals surface area contributed by atoms with Gasteiger partial charge in [0.25, 0.3) is 5.91 Å². The number of unbranched alkanes of at least 4 members (excludes halogenated alkanes) is 1. The van der Waals surface area contributed by atoms with Gasteiger partial charge >= 0.3 is 7.12 Å². The van der Waals surface area contributed by atoms with Crippen LogP contribution in [0, 0.1) is 0 Å². The minimum absolute atomic E-state index is 0.0706. The van der Waals surface area contributed by atoms with Crippen molar-refractivity contribution in [2.75, 3.05) is 6.54 Å². The third kappa shape index (κ3) is 3.36. The topological polar surface area (TPSA) is 47.6 Å². The van der Waals surface area contributed by atoms with Crippen molar-refractivity contribution in [3.8, 4) is 0 Å². The van der Waals surface area contributed by atoms with Gasteiger partial charge in [0, 0.05) is 12.1 Å². The fourth-order valence-electron chi connectivity index (χ4n) is 2.35. The first-order valence-electron chi connectivity index (χ1n) is 8.01. The third-order valence-corrected chi connectivity index (χ3v) is 4.53. The van der Waals surface area contributed by atoms with Gasteiger partial charge in [0.1, 0.15) is 0 Å². The number of carbonyl (C=O) groups is 1. The molecule has 1 aliphatic heterocycles. The number of carbonyl (C=O) groups excluding carboxylic acids is 1. The van der Waals surface area contributed by atoms with Crippen molar-refractivity contribution < 1.29 is 14.1 Å². The zero-order valence-electron chi connectivity index (χ0n) is 14.2. The quantitative estimate of drug-likeness (QED) is 0.671. The fourth-order valence-corrected chi connectivity index (χ4v) is 2.35. The molecule has 1 aromatic carbocycles. The molecule has 0 unspecified atom stereocenters. The predicted molar refractivity (Wildman–Crippen MR) is 89.4 cm³/mol. The molecule has 1 aliphatic rings. The van der Waals surface area contributed by atoms with Gasteiger partial charge in [-0.15, -0.1) is 0 Å². The Hall–Kier alpha value is -1.33. The van der Waals surface area contributed by atoms with Gasteiger partial charge in [0.2, 0.25) is 0 Å². The minimum Gasteiger partial charge on any atom is -0.399 e. The van der Waals surface area contributed by atoms with E-state index in [0.29, 0.717) is 12.1 Å². The van der Waals surface area contributed by atoms with Gasteiger partial charge in [-0.25, -0.2) is 0 Å². The lowest BCUT2D eigenvalue weighted by Crippen LogP contribution is -2.41. The Balaban J connectivity index is 2.21. The summed E-state index contributed by atoms with van der Waals surface area (Å²) in [6.45, 7) is 10.8. The number of amides is 1. The maximum Gasteiger partial charge on any atom is 0.495 e. The molecule has 1 heterocycles. The van der Waals surface area contributed by atoms with E-state index in [1.807, 2.05) is 52.0 Å². The molecule has 1 saturated heterocycles. The van der Waals surface area contributed by atoms with Crippen LogP contribution >= 0.6 is 0 Å². The molecule has 0 saturated carbocycles. The Morgan fingerprint density at radius 2 is 1.73 bits per heavy atom. The van der Waals surface area contributed by atoms with Crippen LogP contribution in [0.2, 0.25) is 0 Å². The smallest absolute Gasteiger partial charge is 0.399 e. The van der Waals surface area contributed by atoms with E-state index in [-0.39, 0.29) is 5.91 Å². The van der Waals surface area contributed by atoms with E-state index in [0.717, 1.165) is 18.3 Å². The molecule has 2 rings (SSSR count). The third-order valence-electron chi connectivity index (χ3n) is 4.53. The number of hydrogen-bond donors (Lipinski definition) is 1. The summed E-state index contributed by atoms with van der Waals surface area (Å²) in [5.74, 6) is -0.0706. The highest BCUT2D eigenvalue weighted by atomic mass is 16.7. The average Bonchev–Trinajstić information content (AvgIpc) is 2.67. The second-order valence-corrected chi connectivity index (χ2v) is 6.78. The molecule has 0 aromatic heterocycles. The highest BCUT2D eigenvalue weighted by molar-refractivity contribution is 6.63. The summed E-state index contributed by atoms with van der Waals surface area (Å²) in [5.41, 5.74) is 0.583. The zero-order chi connectivity index (χ0) is 16.4. The summed E-state index contributed by atoms with van der Waals surface area (Å²) in [4.78, 5) is 12.4. The Morgan fingerprint density at radius 1 is 1.14 bits per heavy atom. The van der Waals surface area contributed by atoms with Gasteiger partial charge in [-0.3, -0.25) is 4.79 Å². The molecule has 4 nitrogen and oxygen atoms in total. The second-order valence-electron chi connectivity index (χ2n) is 6.78. The Kier molecular flexibility index (Phi) is 4.98. The maximum absolute atomic E-state index is 12.4. The van der Waals surface area contributed by atoms with Gasteiger partial charge in [-0.05, 0) is 45.6 Å². The number of hydrogen-bond acceptors (Lipinski definition) is 3. The standard InChI is InChI=1S/C17H26BNO3/c1-6-7-12-19-15(20)13-10-8-9-11-14(13)18-21-16(2,3)17(4,5)22-18/h8-11H,6-7,12H2,1-5H3,(H,19,20). The molecule has 0 aliphatic carbocycles. The van der Waals surface area contributed by atoms with E-state index in [1.54, 1.807) is 0 Å². The first-order chi connectivity index (χ1) is 10.3. The van der Waals surface area contributed by atoms with Crippen molar-refractivity contribution in [3.63, 3.8) is 0 Å². The van der Waals surface area contributed by atoms with Crippen LogP contribution in [0.1, 0.15) is 57.8 Å². The van der Waals surface area contributed by atoms with Gasteiger partial charge in [0.15, 0.2) is 0 Å². The summed E-state index contributed by atoms with van der Waals surface area (Å²) in [6, 6.07) is 7.49. The van der Waals surface area contributed by atoms with Gasteiger partial charge in [0.05, 0.1) is 11.2 Å². The monoisotopic (exact) mass is 303 g/mol. The van der Waals surface area contributed by atoms with E-state index in [1.165, 1.54) is 0 Å². The van der Waals surface area contributed by atoms with Crippen LogP contribution in [-0.2, 0) is 9.31 Å². The minimum atomic E-state index is -0.516. The van der Waals surface area contributed by atoms with E-state index < -0.39 is 18.3 Å². The average molecular weight is 303 g/mol. The van der Waals surface area contributed by atoms with Crippen LogP contribution in [0.3, 0.4) is 0 Å². The van der Waals surface area contributed by atoms with E-state index in [9.17, 15) is 4.79 Å². The van der Waals surface area contributed by atoms with Crippen LogP contribution in [0.15, 0.2) is 24.3 Å². The second kappa shape index (κ2) is 6.43. The van der Waals surface area contributed by atoms with Gasteiger partial charge < -0.3 is 14.6 Å². The fraction of sp³-hybridized carbons (Fsp3) is 0.588. The maximum atomic E-state index is 12.4. The molecule has 22 heavy (non-hydrogen) atoms. The Bertz CT molecular complexity index is 526. The van der Waals surface area contributed by atoms with Crippen molar-refractivity contribution >= 4 is 18.5 Å². The molecular formula is C17H26BNO3. The van der Waals surface area contributed by atoms with Crippen LogP contribution in [0.25, 0.3) is 0 Å². The first kappa shape index (κ1) is 17.0. The SMILES string of the molecule is CCCCNC(=O)c1ccccc1B1OC(C)(C)C(C)(C)O1. The summed E-state index contributed by atoms with van der Waals surface area (Å²) in [6.07, 6.45) is 2.03. The van der Waals surface area contributed by atoms with E-state index in [2.05, 4.69) is 12.2 Å². The molecule has 0 spiro atoms. The molecule has 1 fully saturated rings. The summed E-state index contributed by atoms with van der Waals surface area (Å²) < 4.78 is 12.1. The van der Waals surface area contributed by atoms with Crippen LogP contribution < -0.4 is 10.8 Å². The van der Waals surface area contributed by atoms with Crippen LogP contribution in [0.4, 0.5) is 0 Å². The molecular weight excluding hydrogens is 277 g/mol. The molecule has 120 valence electrons. The molecule has 1 aromatic rings. The van der Waals surface area contributed by atoms with E-state index in [4.69, 9.17) is 9.31 Å². The number of benzene rings is 1.